The highest BCUT2D eigenvalue weighted by Gasteiger charge is 2.05. The fourth-order valence-electron chi connectivity index (χ4n) is 1.31. The van der Waals surface area contributed by atoms with Crippen LogP contribution in [-0.4, -0.2) is 19.9 Å². The summed E-state index contributed by atoms with van der Waals surface area (Å²) in [5.41, 5.74) is 1.53. The van der Waals surface area contributed by atoms with Gasteiger partial charge in [-0.15, -0.1) is 0 Å². The first-order valence-corrected chi connectivity index (χ1v) is 5.08. The molecule has 0 saturated carbocycles. The Kier molecular flexibility index (Phi) is 2.76. The fraction of sp³-hybridized carbons (Fsp3) is 0.273. The van der Waals surface area contributed by atoms with Crippen LogP contribution in [0.3, 0.4) is 0 Å². The monoisotopic (exact) mass is 216 g/mol. The van der Waals surface area contributed by atoms with E-state index < -0.39 is 0 Å². The molecule has 0 bridgehead atoms. The zero-order chi connectivity index (χ0) is 11.5. The minimum Gasteiger partial charge on any atom is -0.304 e. The van der Waals surface area contributed by atoms with Gasteiger partial charge in [-0.25, -0.2) is 15.0 Å². The number of aromatic amines is 1. The quantitative estimate of drug-likeness (QED) is 0.815. The lowest BCUT2D eigenvalue weighted by Gasteiger charge is -2.01. The largest absolute Gasteiger partial charge is 0.304 e. The van der Waals surface area contributed by atoms with Gasteiger partial charge in [-0.1, -0.05) is 6.92 Å². The molecule has 0 unspecified atom stereocenters. The minimum atomic E-state index is -0.175. The van der Waals surface area contributed by atoms with Gasteiger partial charge < -0.3 is 4.98 Å². The Labute approximate surface area is 92.6 Å². The molecule has 5 heteroatoms. The number of nitrogens with one attached hydrogen (secondary N) is 1. The van der Waals surface area contributed by atoms with E-state index in [1.165, 1.54) is 6.07 Å². The molecule has 0 amide bonds. The lowest BCUT2D eigenvalue weighted by Crippen LogP contribution is -2.11. The minimum absolute atomic E-state index is 0.175. The molecular weight excluding hydrogens is 204 g/mol. The van der Waals surface area contributed by atoms with Gasteiger partial charge in [0.2, 0.25) is 0 Å². The van der Waals surface area contributed by atoms with Crippen LogP contribution >= 0.6 is 0 Å². The molecule has 0 aliphatic rings. The van der Waals surface area contributed by atoms with E-state index in [1.807, 2.05) is 13.8 Å². The van der Waals surface area contributed by atoms with Crippen molar-refractivity contribution in [2.45, 2.75) is 20.3 Å². The van der Waals surface area contributed by atoms with E-state index in [9.17, 15) is 4.79 Å². The van der Waals surface area contributed by atoms with Crippen LogP contribution in [0.5, 0.6) is 0 Å². The second kappa shape index (κ2) is 4.22. The van der Waals surface area contributed by atoms with Crippen LogP contribution in [0.2, 0.25) is 0 Å². The Bertz CT molecular complexity index is 545. The standard InChI is InChI=1S/C11H12N4O/c1-3-8-4-9(16)15-11(14-8)10-12-5-7(2)6-13-10/h4-6H,3H2,1-2H3,(H,14,15,16). The summed E-state index contributed by atoms with van der Waals surface area (Å²) in [6.07, 6.45) is 4.10. The summed E-state index contributed by atoms with van der Waals surface area (Å²) in [4.78, 5) is 26.5. The number of nitrogens with zero attached hydrogens (tertiary/aromatic N) is 3. The number of hydrogen-bond acceptors (Lipinski definition) is 4. The molecule has 2 rings (SSSR count). The van der Waals surface area contributed by atoms with Crippen molar-refractivity contribution in [1.29, 1.82) is 0 Å². The van der Waals surface area contributed by atoms with Gasteiger partial charge in [0.15, 0.2) is 11.6 Å². The summed E-state index contributed by atoms with van der Waals surface area (Å²) in [7, 11) is 0. The van der Waals surface area contributed by atoms with Crippen LogP contribution in [0.4, 0.5) is 0 Å². The van der Waals surface area contributed by atoms with Crippen molar-refractivity contribution in [3.05, 3.63) is 40.1 Å². The van der Waals surface area contributed by atoms with Gasteiger partial charge in [0.05, 0.1) is 0 Å². The second-order valence-electron chi connectivity index (χ2n) is 3.52. The third-order valence-corrected chi connectivity index (χ3v) is 2.15. The van der Waals surface area contributed by atoms with E-state index in [4.69, 9.17) is 0 Å². The van der Waals surface area contributed by atoms with E-state index in [2.05, 4.69) is 19.9 Å². The van der Waals surface area contributed by atoms with Gasteiger partial charge in [0, 0.05) is 24.2 Å². The summed E-state index contributed by atoms with van der Waals surface area (Å²) in [5.74, 6) is 0.863. The van der Waals surface area contributed by atoms with Crippen molar-refractivity contribution in [1.82, 2.24) is 19.9 Å². The molecule has 2 heterocycles. The molecule has 0 fully saturated rings. The highest BCUT2D eigenvalue weighted by molar-refractivity contribution is 5.42. The zero-order valence-electron chi connectivity index (χ0n) is 9.19. The maximum absolute atomic E-state index is 11.4. The van der Waals surface area contributed by atoms with Crippen molar-refractivity contribution in [2.75, 3.05) is 0 Å². The normalized spacial score (nSPS) is 10.4. The predicted molar refractivity (Wildman–Crippen MR) is 60.0 cm³/mol. The number of rotatable bonds is 2. The molecule has 2 aromatic heterocycles. The molecule has 16 heavy (non-hydrogen) atoms. The van der Waals surface area contributed by atoms with Crippen molar-refractivity contribution < 1.29 is 0 Å². The van der Waals surface area contributed by atoms with E-state index in [0.717, 1.165) is 11.3 Å². The van der Waals surface area contributed by atoms with Crippen molar-refractivity contribution in [3.63, 3.8) is 0 Å². The Hall–Kier alpha value is -2.04. The molecule has 0 atom stereocenters. The first kappa shape index (κ1) is 10.5. The maximum atomic E-state index is 11.4. The number of aryl methyl sites for hydroxylation is 2. The van der Waals surface area contributed by atoms with Gasteiger partial charge in [0.25, 0.3) is 5.56 Å². The highest BCUT2D eigenvalue weighted by atomic mass is 16.1. The number of hydrogen-bond donors (Lipinski definition) is 1. The molecule has 0 saturated heterocycles. The Balaban J connectivity index is 2.51. The topological polar surface area (TPSA) is 71.5 Å². The highest BCUT2D eigenvalue weighted by Crippen LogP contribution is 2.07. The first-order valence-electron chi connectivity index (χ1n) is 5.08. The molecule has 0 aromatic carbocycles. The lowest BCUT2D eigenvalue weighted by atomic mass is 10.3. The number of H-pyrrole nitrogens is 1. The molecule has 1 N–H and O–H groups in total. The van der Waals surface area contributed by atoms with Crippen LogP contribution in [-0.2, 0) is 6.42 Å². The summed E-state index contributed by atoms with van der Waals surface area (Å²) < 4.78 is 0. The Morgan fingerprint density at radius 2 is 2.00 bits per heavy atom. The first-order chi connectivity index (χ1) is 7.69. The SMILES string of the molecule is CCc1cc(=O)[nH]c(-c2ncc(C)cn2)n1. The third-order valence-electron chi connectivity index (χ3n) is 2.15. The van der Waals surface area contributed by atoms with Gasteiger partial charge in [-0.05, 0) is 18.9 Å². The Morgan fingerprint density at radius 1 is 1.31 bits per heavy atom. The maximum Gasteiger partial charge on any atom is 0.251 e. The van der Waals surface area contributed by atoms with Crippen LogP contribution in [0.25, 0.3) is 11.6 Å². The van der Waals surface area contributed by atoms with Gasteiger partial charge in [-0.2, -0.15) is 0 Å². The predicted octanol–water partition coefficient (Wildman–Crippen LogP) is 1.10. The molecular formula is C11H12N4O. The summed E-state index contributed by atoms with van der Waals surface area (Å²) >= 11 is 0. The molecule has 0 aliphatic heterocycles. The van der Waals surface area contributed by atoms with Crippen LogP contribution in [0.15, 0.2) is 23.3 Å². The van der Waals surface area contributed by atoms with Crippen molar-refractivity contribution >= 4 is 0 Å². The zero-order valence-corrected chi connectivity index (χ0v) is 9.19. The fourth-order valence-corrected chi connectivity index (χ4v) is 1.31. The molecule has 5 nitrogen and oxygen atoms in total. The molecule has 2 aromatic rings. The van der Waals surface area contributed by atoms with Crippen molar-refractivity contribution in [3.8, 4) is 11.6 Å². The lowest BCUT2D eigenvalue weighted by molar-refractivity contribution is 0.964. The summed E-state index contributed by atoms with van der Waals surface area (Å²) in [6, 6.07) is 1.48. The number of aromatic nitrogens is 4. The van der Waals surface area contributed by atoms with Crippen molar-refractivity contribution in [2.24, 2.45) is 0 Å². The smallest absolute Gasteiger partial charge is 0.251 e. The van der Waals surface area contributed by atoms with E-state index in [1.54, 1.807) is 12.4 Å². The van der Waals surface area contributed by atoms with Crippen LogP contribution in [0, 0.1) is 6.92 Å². The average Bonchev–Trinajstić information content (AvgIpc) is 2.29. The molecule has 0 radical (unpaired) electrons. The van der Waals surface area contributed by atoms with Crippen LogP contribution in [0.1, 0.15) is 18.2 Å². The third kappa shape index (κ3) is 2.13. The molecule has 0 aliphatic carbocycles. The Morgan fingerprint density at radius 3 is 2.62 bits per heavy atom. The van der Waals surface area contributed by atoms with Gasteiger partial charge in [-0.3, -0.25) is 4.79 Å². The summed E-state index contributed by atoms with van der Waals surface area (Å²) in [6.45, 7) is 3.85. The molecule has 0 spiro atoms. The van der Waals surface area contributed by atoms with Crippen LogP contribution < -0.4 is 5.56 Å². The summed E-state index contributed by atoms with van der Waals surface area (Å²) in [5, 5.41) is 0. The average molecular weight is 216 g/mol. The van der Waals surface area contributed by atoms with Gasteiger partial charge in [0.1, 0.15) is 0 Å². The van der Waals surface area contributed by atoms with E-state index in [-0.39, 0.29) is 5.56 Å². The molecule has 82 valence electrons. The van der Waals surface area contributed by atoms with E-state index in [0.29, 0.717) is 18.1 Å². The second-order valence-corrected chi connectivity index (χ2v) is 3.52. The van der Waals surface area contributed by atoms with E-state index >= 15 is 0 Å². The van der Waals surface area contributed by atoms with Gasteiger partial charge >= 0.3 is 0 Å².